The molecule has 0 unspecified atom stereocenters. The second-order valence-electron chi connectivity index (χ2n) is 6.82. The van der Waals surface area contributed by atoms with Crippen LogP contribution in [0.25, 0.3) is 16.1 Å². The number of hydrogen-bond acceptors (Lipinski definition) is 5. The number of aryl methyl sites for hydroxylation is 1. The van der Waals surface area contributed by atoms with Crippen molar-refractivity contribution in [1.29, 1.82) is 0 Å². The van der Waals surface area contributed by atoms with Crippen LogP contribution in [0.5, 0.6) is 0 Å². The molecule has 0 bridgehead atoms. The number of benzene rings is 2. The summed E-state index contributed by atoms with van der Waals surface area (Å²) in [5.74, 6) is -1.72. The topological polar surface area (TPSA) is 93.1 Å². The first-order chi connectivity index (χ1) is 15.4. The number of halogens is 1. The third-order valence-corrected chi connectivity index (χ3v) is 5.70. The van der Waals surface area contributed by atoms with Gasteiger partial charge in [0.2, 0.25) is 5.43 Å². The SMILES string of the molecule is Cc1cc(=O)c(C(=O)NNC(=O)c2ccc(-c3ccc(F)cc3)s2)nn1-c1ccccc1. The molecule has 2 N–H and O–H groups in total. The number of hydrogen-bond donors (Lipinski definition) is 2. The minimum atomic E-state index is -0.830. The first-order valence-electron chi connectivity index (χ1n) is 9.55. The molecule has 2 amide bonds. The summed E-state index contributed by atoms with van der Waals surface area (Å²) < 4.78 is 14.6. The molecule has 2 aromatic heterocycles. The summed E-state index contributed by atoms with van der Waals surface area (Å²) in [6.45, 7) is 1.71. The van der Waals surface area contributed by atoms with E-state index in [9.17, 15) is 18.8 Å². The summed E-state index contributed by atoms with van der Waals surface area (Å²) in [4.78, 5) is 38.3. The Kier molecular flexibility index (Phi) is 5.91. The van der Waals surface area contributed by atoms with Gasteiger partial charge in [0.15, 0.2) is 5.69 Å². The molecule has 4 rings (SSSR count). The molecule has 2 aromatic carbocycles. The Bertz CT molecular complexity index is 1350. The lowest BCUT2D eigenvalue weighted by molar-refractivity contribution is 0.0844. The highest BCUT2D eigenvalue weighted by atomic mass is 32.1. The Morgan fingerprint density at radius 2 is 1.62 bits per heavy atom. The van der Waals surface area contributed by atoms with Crippen LogP contribution in [0, 0.1) is 12.7 Å². The van der Waals surface area contributed by atoms with E-state index in [2.05, 4.69) is 16.0 Å². The molecular weight excluding hydrogens is 431 g/mol. The highest BCUT2D eigenvalue weighted by Crippen LogP contribution is 2.28. The van der Waals surface area contributed by atoms with Crippen LogP contribution in [0.3, 0.4) is 0 Å². The van der Waals surface area contributed by atoms with E-state index in [1.54, 1.807) is 43.3 Å². The van der Waals surface area contributed by atoms with E-state index in [0.29, 0.717) is 16.3 Å². The third kappa shape index (κ3) is 4.47. The fourth-order valence-corrected chi connectivity index (χ4v) is 3.91. The fourth-order valence-electron chi connectivity index (χ4n) is 3.00. The van der Waals surface area contributed by atoms with Crippen molar-refractivity contribution in [3.63, 3.8) is 0 Å². The monoisotopic (exact) mass is 448 g/mol. The Balaban J connectivity index is 1.48. The molecule has 32 heavy (non-hydrogen) atoms. The van der Waals surface area contributed by atoms with Crippen LogP contribution in [0.4, 0.5) is 4.39 Å². The summed E-state index contributed by atoms with van der Waals surface area (Å²) in [6, 6.07) is 19.6. The van der Waals surface area contributed by atoms with E-state index in [1.165, 1.54) is 34.2 Å². The van der Waals surface area contributed by atoms with Gasteiger partial charge >= 0.3 is 0 Å². The van der Waals surface area contributed by atoms with Crippen LogP contribution in [0.2, 0.25) is 0 Å². The molecule has 0 aliphatic heterocycles. The van der Waals surface area contributed by atoms with Gasteiger partial charge in [-0.25, -0.2) is 9.07 Å². The van der Waals surface area contributed by atoms with Crippen molar-refractivity contribution >= 4 is 23.2 Å². The average molecular weight is 448 g/mol. The smallest absolute Gasteiger partial charge is 0.287 e. The number of carbonyl (C=O) groups excluding carboxylic acids is 2. The second-order valence-corrected chi connectivity index (χ2v) is 7.91. The van der Waals surface area contributed by atoms with Gasteiger partial charge in [-0.1, -0.05) is 30.3 Å². The number of amides is 2. The first-order valence-corrected chi connectivity index (χ1v) is 10.4. The van der Waals surface area contributed by atoms with Gasteiger partial charge in [-0.3, -0.25) is 25.2 Å². The quantitative estimate of drug-likeness (QED) is 0.468. The number of para-hydroxylation sites is 1. The summed E-state index contributed by atoms with van der Waals surface area (Å²) in [5, 5.41) is 4.16. The molecule has 7 nitrogen and oxygen atoms in total. The minimum Gasteiger partial charge on any atom is -0.287 e. The molecule has 0 spiro atoms. The summed E-state index contributed by atoms with van der Waals surface area (Å²) >= 11 is 1.18. The van der Waals surface area contributed by atoms with Crippen molar-refractivity contribution in [3.8, 4) is 16.1 Å². The predicted octanol–water partition coefficient (Wildman–Crippen LogP) is 3.48. The Morgan fingerprint density at radius 3 is 2.34 bits per heavy atom. The molecule has 0 aliphatic carbocycles. The Morgan fingerprint density at radius 1 is 0.938 bits per heavy atom. The largest absolute Gasteiger partial charge is 0.294 e. The standard InChI is InChI=1S/C23H17FN4O3S/c1-14-13-18(29)21(27-28(14)17-5-3-2-4-6-17)23(31)26-25-22(30)20-12-11-19(32-20)15-7-9-16(24)10-8-15/h2-13H,1H3,(H,25,30)(H,26,31). The molecule has 0 saturated carbocycles. The molecule has 0 saturated heterocycles. The Labute approximate surface area is 186 Å². The summed E-state index contributed by atoms with van der Waals surface area (Å²) in [7, 11) is 0. The molecular formula is C23H17FN4O3S. The molecule has 0 aliphatic rings. The van der Waals surface area contributed by atoms with Gasteiger partial charge in [0, 0.05) is 16.6 Å². The van der Waals surface area contributed by atoms with Crippen molar-refractivity contribution in [2.24, 2.45) is 0 Å². The van der Waals surface area contributed by atoms with Crippen molar-refractivity contribution in [2.75, 3.05) is 0 Å². The number of rotatable bonds is 4. The van der Waals surface area contributed by atoms with Gasteiger partial charge in [-0.2, -0.15) is 5.10 Å². The number of carbonyl (C=O) groups is 2. The molecule has 4 aromatic rings. The number of nitrogens with one attached hydrogen (secondary N) is 2. The second kappa shape index (κ2) is 8.94. The zero-order valence-electron chi connectivity index (χ0n) is 16.8. The van der Waals surface area contributed by atoms with E-state index in [-0.39, 0.29) is 11.5 Å². The maximum absolute atomic E-state index is 13.1. The van der Waals surface area contributed by atoms with E-state index in [1.807, 2.05) is 18.2 Å². The van der Waals surface area contributed by atoms with E-state index >= 15 is 0 Å². The van der Waals surface area contributed by atoms with E-state index in [0.717, 1.165) is 10.4 Å². The molecule has 0 atom stereocenters. The maximum atomic E-state index is 13.1. The zero-order valence-corrected chi connectivity index (χ0v) is 17.7. The predicted molar refractivity (Wildman–Crippen MR) is 119 cm³/mol. The number of thiophene rings is 1. The van der Waals surface area contributed by atoms with Crippen molar-refractivity contribution in [3.05, 3.63) is 105 Å². The summed E-state index contributed by atoms with van der Waals surface area (Å²) in [5.41, 5.74) is 5.64. The zero-order chi connectivity index (χ0) is 22.7. The summed E-state index contributed by atoms with van der Waals surface area (Å²) in [6.07, 6.45) is 0. The van der Waals surface area contributed by atoms with Crippen LogP contribution in [0.15, 0.2) is 77.6 Å². The van der Waals surface area contributed by atoms with Gasteiger partial charge in [0.1, 0.15) is 5.82 Å². The molecule has 0 fully saturated rings. The number of nitrogens with zero attached hydrogens (tertiary/aromatic N) is 2. The third-order valence-electron chi connectivity index (χ3n) is 4.57. The normalized spacial score (nSPS) is 10.6. The highest BCUT2D eigenvalue weighted by Gasteiger charge is 2.17. The van der Waals surface area contributed by atoms with Gasteiger partial charge < -0.3 is 0 Å². The average Bonchev–Trinajstić information content (AvgIpc) is 3.29. The van der Waals surface area contributed by atoms with Crippen molar-refractivity contribution in [1.82, 2.24) is 20.6 Å². The van der Waals surface area contributed by atoms with E-state index < -0.39 is 17.2 Å². The molecule has 160 valence electrons. The molecule has 0 radical (unpaired) electrons. The molecule has 2 heterocycles. The van der Waals surface area contributed by atoms with Crippen LogP contribution in [-0.4, -0.2) is 21.6 Å². The molecule has 9 heteroatoms. The van der Waals surface area contributed by atoms with Gasteiger partial charge in [0.25, 0.3) is 11.8 Å². The fraction of sp³-hybridized carbons (Fsp3) is 0.0435. The van der Waals surface area contributed by atoms with Gasteiger partial charge in [-0.05, 0) is 48.9 Å². The first kappa shape index (κ1) is 21.1. The number of hydrazine groups is 1. The number of aromatic nitrogens is 2. The minimum absolute atomic E-state index is 0.336. The van der Waals surface area contributed by atoms with Gasteiger partial charge in [0.05, 0.1) is 10.6 Å². The highest BCUT2D eigenvalue weighted by molar-refractivity contribution is 7.17. The van der Waals surface area contributed by atoms with E-state index in [4.69, 9.17) is 0 Å². The maximum Gasteiger partial charge on any atom is 0.294 e. The van der Waals surface area contributed by atoms with Gasteiger partial charge in [-0.15, -0.1) is 11.3 Å². The van der Waals surface area contributed by atoms with Crippen LogP contribution in [-0.2, 0) is 0 Å². The van der Waals surface area contributed by atoms with Crippen molar-refractivity contribution in [2.45, 2.75) is 6.92 Å². The van der Waals surface area contributed by atoms with Crippen LogP contribution in [0.1, 0.15) is 25.9 Å². The lowest BCUT2D eigenvalue weighted by Gasteiger charge is -2.11. The van der Waals surface area contributed by atoms with Crippen LogP contribution < -0.4 is 16.3 Å². The van der Waals surface area contributed by atoms with Crippen molar-refractivity contribution < 1.29 is 14.0 Å². The lowest BCUT2D eigenvalue weighted by Crippen LogP contribution is -2.43. The lowest BCUT2D eigenvalue weighted by atomic mass is 10.2. The van der Waals surface area contributed by atoms with Crippen LogP contribution >= 0.6 is 11.3 Å². The Hall–Kier alpha value is -4.11.